The molecule has 3 aromatic rings. The van der Waals surface area contributed by atoms with Gasteiger partial charge in [0, 0.05) is 38.3 Å². The van der Waals surface area contributed by atoms with Crippen LogP contribution in [0, 0.1) is 5.92 Å². The van der Waals surface area contributed by atoms with E-state index in [0.29, 0.717) is 25.1 Å². The van der Waals surface area contributed by atoms with E-state index in [4.69, 9.17) is 4.74 Å². The number of piperidine rings is 1. The van der Waals surface area contributed by atoms with Gasteiger partial charge in [-0.3, -0.25) is 9.69 Å². The molecule has 4 nitrogen and oxygen atoms in total. The van der Waals surface area contributed by atoms with Gasteiger partial charge in [-0.15, -0.1) is 0 Å². The van der Waals surface area contributed by atoms with Crippen LogP contribution >= 0.6 is 0 Å². The van der Waals surface area contributed by atoms with Gasteiger partial charge in [-0.25, -0.2) is 0 Å². The van der Waals surface area contributed by atoms with Crippen LogP contribution in [0.2, 0.25) is 0 Å². The van der Waals surface area contributed by atoms with Crippen molar-refractivity contribution < 1.29 is 9.53 Å². The second-order valence-electron chi connectivity index (χ2n) is 9.60. The minimum absolute atomic E-state index is 0.120. The Labute approximate surface area is 197 Å². The molecule has 1 saturated heterocycles. The maximum Gasteiger partial charge on any atom is 0.254 e. The first kappa shape index (κ1) is 22.1. The lowest BCUT2D eigenvalue weighted by molar-refractivity contribution is 0.0575. The van der Waals surface area contributed by atoms with Crippen LogP contribution in [0.1, 0.15) is 34.3 Å². The molecule has 3 aromatic carbocycles. The smallest absolute Gasteiger partial charge is 0.254 e. The highest BCUT2D eigenvalue weighted by atomic mass is 16.5. The van der Waals surface area contributed by atoms with Crippen molar-refractivity contribution in [1.82, 2.24) is 9.80 Å². The number of fused-ring (bicyclic) bond motifs is 2. The van der Waals surface area contributed by atoms with Crippen LogP contribution in [0.25, 0.3) is 10.8 Å². The molecule has 0 radical (unpaired) electrons. The van der Waals surface area contributed by atoms with Gasteiger partial charge in [-0.05, 0) is 66.1 Å². The number of amides is 1. The lowest BCUT2D eigenvalue weighted by atomic mass is 9.95. The fourth-order valence-corrected chi connectivity index (χ4v) is 5.74. The van der Waals surface area contributed by atoms with Crippen molar-refractivity contribution in [2.24, 2.45) is 5.92 Å². The van der Waals surface area contributed by atoms with Crippen molar-refractivity contribution in [1.29, 1.82) is 0 Å². The molecule has 1 aliphatic heterocycles. The molecule has 1 amide bonds. The lowest BCUT2D eigenvalue weighted by Crippen LogP contribution is -2.47. The summed E-state index contributed by atoms with van der Waals surface area (Å²) < 4.78 is 5.37. The van der Waals surface area contributed by atoms with Crippen LogP contribution in [0.5, 0.6) is 0 Å². The number of likely N-dealkylation sites (tertiary alicyclic amines) is 1. The largest absolute Gasteiger partial charge is 0.383 e. The fraction of sp³-hybridized carbons (Fsp3) is 0.414. The Balaban J connectivity index is 1.30. The molecule has 0 spiro atoms. The van der Waals surface area contributed by atoms with E-state index in [2.05, 4.69) is 47.4 Å². The van der Waals surface area contributed by atoms with E-state index in [-0.39, 0.29) is 5.91 Å². The Morgan fingerprint density at radius 2 is 1.73 bits per heavy atom. The molecule has 1 fully saturated rings. The molecule has 0 saturated carbocycles. The van der Waals surface area contributed by atoms with Crippen LogP contribution in [-0.2, 0) is 17.6 Å². The maximum atomic E-state index is 13.7. The first-order chi connectivity index (χ1) is 16.2. The molecule has 2 aliphatic rings. The highest BCUT2D eigenvalue weighted by Crippen LogP contribution is 2.29. The summed E-state index contributed by atoms with van der Waals surface area (Å²) in [5.41, 5.74) is 3.82. The molecule has 1 atom stereocenters. The van der Waals surface area contributed by atoms with Crippen LogP contribution in [0.3, 0.4) is 0 Å². The van der Waals surface area contributed by atoms with Crippen molar-refractivity contribution in [2.45, 2.75) is 31.7 Å². The number of hydrogen-bond acceptors (Lipinski definition) is 3. The van der Waals surface area contributed by atoms with E-state index in [9.17, 15) is 4.79 Å². The number of nitrogens with zero attached hydrogens (tertiary/aromatic N) is 2. The van der Waals surface area contributed by atoms with Gasteiger partial charge in [-0.1, -0.05) is 60.7 Å². The average Bonchev–Trinajstić information content (AvgIpc) is 3.30. The quantitative estimate of drug-likeness (QED) is 0.527. The number of carbonyl (C=O) groups excluding carboxylic acids is 1. The maximum absolute atomic E-state index is 13.7. The minimum atomic E-state index is 0.120. The second kappa shape index (κ2) is 10.1. The Morgan fingerprint density at radius 3 is 2.52 bits per heavy atom. The number of benzene rings is 3. The molecule has 1 unspecified atom stereocenters. The molecular formula is C29H34N2O2. The molecule has 172 valence electrons. The van der Waals surface area contributed by atoms with E-state index >= 15 is 0 Å². The number of hydrogen-bond donors (Lipinski definition) is 0. The molecular weight excluding hydrogens is 408 g/mol. The standard InChI is InChI=1S/C29H34N2O2/c1-33-17-16-31(29(32)28-14-6-12-23-9-4-5-13-27(23)28)21-22-8-7-15-30(20-22)26-18-24-10-2-3-11-25(24)19-26/h2-6,9-14,22,26H,7-8,15-21H2,1H3. The SMILES string of the molecule is COCCN(CC1CCCN(C2Cc3ccccc3C2)C1)C(=O)c1cccc2ccccc12. The summed E-state index contributed by atoms with van der Waals surface area (Å²) in [7, 11) is 1.71. The van der Waals surface area contributed by atoms with E-state index in [1.54, 1.807) is 7.11 Å². The summed E-state index contributed by atoms with van der Waals surface area (Å²) in [6, 6.07) is 23.7. The second-order valence-corrected chi connectivity index (χ2v) is 9.60. The molecule has 0 bridgehead atoms. The third-order valence-electron chi connectivity index (χ3n) is 7.45. The van der Waals surface area contributed by atoms with E-state index in [0.717, 1.165) is 42.3 Å². The van der Waals surface area contributed by atoms with Crippen molar-refractivity contribution in [3.63, 3.8) is 0 Å². The van der Waals surface area contributed by atoms with Crippen LogP contribution < -0.4 is 0 Å². The number of rotatable bonds is 7. The van der Waals surface area contributed by atoms with Gasteiger partial charge >= 0.3 is 0 Å². The van der Waals surface area contributed by atoms with Crippen LogP contribution in [0.15, 0.2) is 66.7 Å². The Kier molecular flexibility index (Phi) is 6.75. The molecule has 1 aliphatic carbocycles. The molecule has 33 heavy (non-hydrogen) atoms. The molecule has 0 N–H and O–H groups in total. The summed E-state index contributed by atoms with van der Waals surface area (Å²) in [6.07, 6.45) is 4.71. The zero-order valence-corrected chi connectivity index (χ0v) is 19.6. The third kappa shape index (κ3) is 4.83. The predicted molar refractivity (Wildman–Crippen MR) is 134 cm³/mol. The van der Waals surface area contributed by atoms with Gasteiger partial charge in [0.2, 0.25) is 0 Å². The zero-order valence-electron chi connectivity index (χ0n) is 19.6. The normalized spacial score (nSPS) is 19.0. The summed E-state index contributed by atoms with van der Waals surface area (Å²) in [5.74, 6) is 0.618. The summed E-state index contributed by atoms with van der Waals surface area (Å²) in [5, 5.41) is 2.14. The van der Waals surface area contributed by atoms with E-state index < -0.39 is 0 Å². The van der Waals surface area contributed by atoms with Gasteiger partial charge in [0.15, 0.2) is 0 Å². The van der Waals surface area contributed by atoms with Gasteiger partial charge < -0.3 is 9.64 Å². The van der Waals surface area contributed by atoms with Gasteiger partial charge in [-0.2, -0.15) is 0 Å². The first-order valence-corrected chi connectivity index (χ1v) is 12.3. The topological polar surface area (TPSA) is 32.8 Å². The molecule has 0 aromatic heterocycles. The van der Waals surface area contributed by atoms with Crippen LogP contribution in [0.4, 0.5) is 0 Å². The van der Waals surface area contributed by atoms with Crippen molar-refractivity contribution in [3.05, 3.63) is 83.4 Å². The van der Waals surface area contributed by atoms with Crippen LogP contribution in [-0.4, -0.2) is 61.6 Å². The monoisotopic (exact) mass is 442 g/mol. The van der Waals surface area contributed by atoms with Gasteiger partial charge in [0.05, 0.1) is 6.61 Å². The Bertz CT molecular complexity index is 1080. The highest BCUT2D eigenvalue weighted by molar-refractivity contribution is 6.07. The van der Waals surface area contributed by atoms with E-state index in [1.165, 1.54) is 30.5 Å². The zero-order chi connectivity index (χ0) is 22.6. The van der Waals surface area contributed by atoms with Gasteiger partial charge in [0.25, 0.3) is 5.91 Å². The summed E-state index contributed by atoms with van der Waals surface area (Å²) in [4.78, 5) is 18.4. The molecule has 5 rings (SSSR count). The molecule has 1 heterocycles. The predicted octanol–water partition coefficient (Wildman–Crippen LogP) is 4.81. The lowest BCUT2D eigenvalue weighted by Gasteiger charge is -2.39. The highest BCUT2D eigenvalue weighted by Gasteiger charge is 2.32. The third-order valence-corrected chi connectivity index (χ3v) is 7.45. The fourth-order valence-electron chi connectivity index (χ4n) is 5.74. The Morgan fingerprint density at radius 1 is 1.00 bits per heavy atom. The van der Waals surface area contributed by atoms with Crippen molar-refractivity contribution >= 4 is 16.7 Å². The number of ether oxygens (including phenoxy) is 1. The summed E-state index contributed by atoms with van der Waals surface area (Å²) in [6.45, 7) is 4.23. The Hall–Kier alpha value is -2.69. The number of methoxy groups -OCH3 is 1. The molecule has 4 heteroatoms. The van der Waals surface area contributed by atoms with E-state index in [1.807, 2.05) is 29.2 Å². The van der Waals surface area contributed by atoms with Gasteiger partial charge in [0.1, 0.15) is 0 Å². The van der Waals surface area contributed by atoms with Crippen molar-refractivity contribution in [3.8, 4) is 0 Å². The average molecular weight is 443 g/mol. The minimum Gasteiger partial charge on any atom is -0.383 e. The first-order valence-electron chi connectivity index (χ1n) is 12.3. The number of carbonyl (C=O) groups is 1. The summed E-state index contributed by atoms with van der Waals surface area (Å²) >= 11 is 0. The van der Waals surface area contributed by atoms with Crippen molar-refractivity contribution in [2.75, 3.05) is 39.9 Å².